The van der Waals surface area contributed by atoms with Crippen LogP contribution in [0.1, 0.15) is 23.2 Å². The van der Waals surface area contributed by atoms with Gasteiger partial charge < -0.3 is 10.1 Å². The molecule has 3 rings (SSSR count). The molecule has 1 amide bonds. The van der Waals surface area contributed by atoms with Crippen molar-refractivity contribution in [1.82, 2.24) is 4.98 Å². The molecule has 0 saturated carbocycles. The Labute approximate surface area is 122 Å². The van der Waals surface area contributed by atoms with Crippen LogP contribution in [0.15, 0.2) is 30.3 Å². The van der Waals surface area contributed by atoms with Crippen molar-refractivity contribution in [3.8, 4) is 17.7 Å². The smallest absolute Gasteiger partial charge is 0.224 e. The SMILES string of the molecule is Cc1cc(C#N)cc(Oc2cccc3c2CCC(=O)N3)n1. The van der Waals surface area contributed by atoms with Crippen molar-refractivity contribution in [2.45, 2.75) is 19.8 Å². The molecule has 104 valence electrons. The van der Waals surface area contributed by atoms with Crippen molar-refractivity contribution in [3.05, 3.63) is 47.2 Å². The van der Waals surface area contributed by atoms with Gasteiger partial charge in [-0.3, -0.25) is 4.79 Å². The first-order valence-corrected chi connectivity index (χ1v) is 6.64. The van der Waals surface area contributed by atoms with Crippen LogP contribution in [0.2, 0.25) is 0 Å². The minimum Gasteiger partial charge on any atom is -0.439 e. The maximum Gasteiger partial charge on any atom is 0.224 e. The molecule has 0 bridgehead atoms. The number of benzene rings is 1. The van der Waals surface area contributed by atoms with Crippen LogP contribution in [0, 0.1) is 18.3 Å². The van der Waals surface area contributed by atoms with Gasteiger partial charge in [0.25, 0.3) is 0 Å². The van der Waals surface area contributed by atoms with E-state index >= 15 is 0 Å². The van der Waals surface area contributed by atoms with Crippen molar-refractivity contribution >= 4 is 11.6 Å². The van der Waals surface area contributed by atoms with Gasteiger partial charge >= 0.3 is 0 Å². The molecule has 1 N–H and O–H groups in total. The summed E-state index contributed by atoms with van der Waals surface area (Å²) in [4.78, 5) is 15.7. The van der Waals surface area contributed by atoms with E-state index in [1.165, 1.54) is 0 Å². The summed E-state index contributed by atoms with van der Waals surface area (Å²) >= 11 is 0. The summed E-state index contributed by atoms with van der Waals surface area (Å²) in [5, 5.41) is 11.8. The highest BCUT2D eigenvalue weighted by Crippen LogP contribution is 2.33. The number of nitrogens with zero attached hydrogens (tertiary/aromatic N) is 2. The normalized spacial score (nSPS) is 13.0. The number of amides is 1. The van der Waals surface area contributed by atoms with Crippen molar-refractivity contribution < 1.29 is 9.53 Å². The van der Waals surface area contributed by atoms with Crippen LogP contribution in [0.3, 0.4) is 0 Å². The van der Waals surface area contributed by atoms with Crippen molar-refractivity contribution in [1.29, 1.82) is 5.26 Å². The van der Waals surface area contributed by atoms with E-state index in [2.05, 4.69) is 16.4 Å². The fourth-order valence-electron chi connectivity index (χ4n) is 2.36. The summed E-state index contributed by atoms with van der Waals surface area (Å²) in [5.74, 6) is 1.06. The fraction of sp³-hybridized carbons (Fsp3) is 0.188. The molecule has 5 heteroatoms. The summed E-state index contributed by atoms with van der Waals surface area (Å²) in [6.07, 6.45) is 1.08. The Balaban J connectivity index is 1.96. The number of hydrogen-bond donors (Lipinski definition) is 1. The summed E-state index contributed by atoms with van der Waals surface area (Å²) < 4.78 is 5.82. The number of anilines is 1. The maximum absolute atomic E-state index is 11.4. The van der Waals surface area contributed by atoms with E-state index in [9.17, 15) is 4.79 Å². The van der Waals surface area contributed by atoms with Crippen LogP contribution < -0.4 is 10.1 Å². The molecule has 2 aromatic rings. The van der Waals surface area contributed by atoms with Crippen LogP contribution in [0.4, 0.5) is 5.69 Å². The standard InChI is InChI=1S/C16H13N3O2/c1-10-7-11(9-17)8-16(18-10)21-14-4-2-3-13-12(14)5-6-15(20)19-13/h2-4,7-8H,5-6H2,1H3,(H,19,20). The van der Waals surface area contributed by atoms with E-state index in [-0.39, 0.29) is 5.91 Å². The van der Waals surface area contributed by atoms with E-state index in [4.69, 9.17) is 10.00 Å². The van der Waals surface area contributed by atoms with Gasteiger partial charge in [0.15, 0.2) is 0 Å². The van der Waals surface area contributed by atoms with Gasteiger partial charge in [0, 0.05) is 29.4 Å². The molecule has 0 atom stereocenters. The molecule has 0 aliphatic carbocycles. The molecule has 1 aromatic heterocycles. The minimum absolute atomic E-state index is 0.0140. The number of fused-ring (bicyclic) bond motifs is 1. The number of aromatic nitrogens is 1. The Morgan fingerprint density at radius 1 is 1.33 bits per heavy atom. The summed E-state index contributed by atoms with van der Waals surface area (Å²) in [6, 6.07) is 10.9. The van der Waals surface area contributed by atoms with E-state index in [1.54, 1.807) is 12.1 Å². The second-order valence-electron chi connectivity index (χ2n) is 4.88. The number of nitriles is 1. The lowest BCUT2D eigenvalue weighted by Gasteiger charge is -2.19. The average Bonchev–Trinajstić information content (AvgIpc) is 2.46. The van der Waals surface area contributed by atoms with Crippen LogP contribution in [0.5, 0.6) is 11.6 Å². The second-order valence-corrected chi connectivity index (χ2v) is 4.88. The molecule has 5 nitrogen and oxygen atoms in total. The molecule has 21 heavy (non-hydrogen) atoms. The molecular formula is C16H13N3O2. The molecule has 0 fully saturated rings. The van der Waals surface area contributed by atoms with Crippen molar-refractivity contribution in [2.75, 3.05) is 5.32 Å². The van der Waals surface area contributed by atoms with Crippen LogP contribution in [0.25, 0.3) is 0 Å². The molecule has 0 unspecified atom stereocenters. The summed E-state index contributed by atoms with van der Waals surface area (Å²) in [6.45, 7) is 1.81. The van der Waals surface area contributed by atoms with Gasteiger partial charge in [0.05, 0.1) is 11.6 Å². The van der Waals surface area contributed by atoms with Gasteiger partial charge in [-0.15, -0.1) is 0 Å². The quantitative estimate of drug-likeness (QED) is 0.917. The molecule has 1 aromatic carbocycles. The molecule has 0 spiro atoms. The van der Waals surface area contributed by atoms with E-state index in [1.807, 2.05) is 25.1 Å². The van der Waals surface area contributed by atoms with E-state index < -0.39 is 0 Å². The van der Waals surface area contributed by atoms with Gasteiger partial charge in [-0.25, -0.2) is 4.98 Å². The van der Waals surface area contributed by atoms with Gasteiger partial charge in [-0.05, 0) is 31.5 Å². The molecule has 0 radical (unpaired) electrons. The Morgan fingerprint density at radius 3 is 3.00 bits per heavy atom. The number of carbonyl (C=O) groups excluding carboxylic acids is 1. The summed E-state index contributed by atoms with van der Waals surface area (Å²) in [5.41, 5.74) is 2.97. The largest absolute Gasteiger partial charge is 0.439 e. The molecule has 2 heterocycles. The third-order valence-electron chi connectivity index (χ3n) is 3.28. The first-order valence-electron chi connectivity index (χ1n) is 6.64. The topological polar surface area (TPSA) is 75.0 Å². The highest BCUT2D eigenvalue weighted by molar-refractivity contribution is 5.94. The second kappa shape index (κ2) is 5.25. The number of rotatable bonds is 2. The monoisotopic (exact) mass is 279 g/mol. The first-order chi connectivity index (χ1) is 10.2. The van der Waals surface area contributed by atoms with Crippen LogP contribution >= 0.6 is 0 Å². The summed E-state index contributed by atoms with van der Waals surface area (Å²) in [7, 11) is 0. The number of pyridine rings is 1. The van der Waals surface area contributed by atoms with Crippen molar-refractivity contribution in [2.24, 2.45) is 0 Å². The van der Waals surface area contributed by atoms with Gasteiger partial charge in [-0.2, -0.15) is 5.26 Å². The zero-order chi connectivity index (χ0) is 14.8. The van der Waals surface area contributed by atoms with Crippen LogP contribution in [-0.4, -0.2) is 10.9 Å². The number of ether oxygens (including phenoxy) is 1. The highest BCUT2D eigenvalue weighted by atomic mass is 16.5. The molecular weight excluding hydrogens is 266 g/mol. The van der Waals surface area contributed by atoms with E-state index in [0.29, 0.717) is 30.0 Å². The minimum atomic E-state index is 0.0140. The third kappa shape index (κ3) is 2.70. The van der Waals surface area contributed by atoms with Gasteiger partial charge in [0.2, 0.25) is 11.8 Å². The third-order valence-corrected chi connectivity index (χ3v) is 3.28. The zero-order valence-electron chi connectivity index (χ0n) is 11.5. The Hall–Kier alpha value is -2.87. The predicted octanol–water partition coefficient (Wildman–Crippen LogP) is 2.94. The number of nitrogens with one attached hydrogen (secondary N) is 1. The van der Waals surface area contributed by atoms with Gasteiger partial charge in [-0.1, -0.05) is 6.07 Å². The number of aryl methyl sites for hydroxylation is 1. The maximum atomic E-state index is 11.4. The lowest BCUT2D eigenvalue weighted by molar-refractivity contribution is -0.116. The molecule has 0 saturated heterocycles. The first kappa shape index (κ1) is 13.1. The van der Waals surface area contributed by atoms with Gasteiger partial charge in [0.1, 0.15) is 5.75 Å². The van der Waals surface area contributed by atoms with Crippen molar-refractivity contribution in [3.63, 3.8) is 0 Å². The Kier molecular flexibility index (Phi) is 3.28. The van der Waals surface area contributed by atoms with E-state index in [0.717, 1.165) is 16.9 Å². The average molecular weight is 279 g/mol. The van der Waals surface area contributed by atoms with Crippen LogP contribution in [-0.2, 0) is 11.2 Å². The highest BCUT2D eigenvalue weighted by Gasteiger charge is 2.19. The predicted molar refractivity (Wildman–Crippen MR) is 77.2 cm³/mol. The Morgan fingerprint density at radius 2 is 2.19 bits per heavy atom. The molecule has 1 aliphatic heterocycles. The lowest BCUT2D eigenvalue weighted by atomic mass is 10.0. The lowest BCUT2D eigenvalue weighted by Crippen LogP contribution is -2.19. The zero-order valence-corrected chi connectivity index (χ0v) is 11.5. The fourth-order valence-corrected chi connectivity index (χ4v) is 2.36. The number of carbonyl (C=O) groups is 1. The molecule has 1 aliphatic rings. The number of hydrogen-bond acceptors (Lipinski definition) is 4. The Bertz CT molecular complexity index is 763.